The Labute approximate surface area is 196 Å². The first-order chi connectivity index (χ1) is 15.9. The van der Waals surface area contributed by atoms with Gasteiger partial charge in [-0.05, 0) is 30.3 Å². The lowest BCUT2D eigenvalue weighted by atomic mass is 10.2. The van der Waals surface area contributed by atoms with Crippen LogP contribution in [0.5, 0.6) is 0 Å². The molecule has 0 spiro atoms. The average Bonchev–Trinajstić information content (AvgIpc) is 3.36. The lowest BCUT2D eigenvalue weighted by Crippen LogP contribution is -2.26. The van der Waals surface area contributed by atoms with E-state index >= 15 is 0 Å². The Bertz CT molecular complexity index is 1360. The Kier molecular flexibility index (Phi) is 6.52. The maximum Gasteiger partial charge on any atom is 0.376 e. The summed E-state index contributed by atoms with van der Waals surface area (Å²) in [5, 5.41) is 9.42. The zero-order chi connectivity index (χ0) is 23.5. The molecule has 0 N–H and O–H groups in total. The third kappa shape index (κ3) is 4.50. The van der Waals surface area contributed by atoms with E-state index in [2.05, 4.69) is 20.2 Å². The number of aromatic nitrogens is 7. The van der Waals surface area contributed by atoms with Crippen molar-refractivity contribution in [3.05, 3.63) is 74.9 Å². The zero-order valence-electron chi connectivity index (χ0n) is 17.2. The molecule has 4 aromatic rings. The predicted molar refractivity (Wildman–Crippen MR) is 118 cm³/mol. The van der Waals surface area contributed by atoms with Gasteiger partial charge < -0.3 is 4.74 Å². The van der Waals surface area contributed by atoms with Crippen LogP contribution >= 0.6 is 23.2 Å². The van der Waals surface area contributed by atoms with Gasteiger partial charge in [-0.15, -0.1) is 10.2 Å². The number of pyridine rings is 1. The fraction of sp³-hybridized carbons (Fsp3) is 0.200. The molecule has 10 nitrogen and oxygen atoms in total. The lowest BCUT2D eigenvalue weighted by Gasteiger charge is -2.05. The molecule has 0 aliphatic heterocycles. The van der Waals surface area contributed by atoms with Gasteiger partial charge in [0.05, 0.1) is 24.9 Å². The molecule has 0 atom stereocenters. The minimum atomic E-state index is -0.759. The highest BCUT2D eigenvalue weighted by Gasteiger charge is 2.23. The Morgan fingerprint density at radius 2 is 1.91 bits per heavy atom. The summed E-state index contributed by atoms with van der Waals surface area (Å²) in [4.78, 5) is 33.4. The molecule has 0 aliphatic carbocycles. The number of alkyl halides is 1. The van der Waals surface area contributed by atoms with E-state index in [1.54, 1.807) is 24.3 Å². The van der Waals surface area contributed by atoms with Gasteiger partial charge in [-0.3, -0.25) is 9.55 Å². The summed E-state index contributed by atoms with van der Waals surface area (Å²) in [5.74, 6) is -0.565. The molecular formula is C20H16Cl2FN7O3. The molecule has 0 saturated carbocycles. The molecule has 0 unspecified atom stereocenters. The molecule has 0 aliphatic rings. The highest BCUT2D eigenvalue weighted by Crippen LogP contribution is 2.21. The molecule has 3 aromatic heterocycles. The number of methoxy groups -OCH3 is 1. The molecule has 0 saturated heterocycles. The van der Waals surface area contributed by atoms with Crippen molar-refractivity contribution in [3.63, 3.8) is 0 Å². The number of carbonyl (C=O) groups is 1. The Morgan fingerprint density at radius 1 is 1.15 bits per heavy atom. The van der Waals surface area contributed by atoms with Crippen LogP contribution in [-0.4, -0.2) is 53.8 Å². The highest BCUT2D eigenvalue weighted by atomic mass is 35.5. The van der Waals surface area contributed by atoms with E-state index < -0.39 is 18.3 Å². The molecule has 33 heavy (non-hydrogen) atoms. The van der Waals surface area contributed by atoms with Gasteiger partial charge in [0.1, 0.15) is 18.9 Å². The summed E-state index contributed by atoms with van der Waals surface area (Å²) < 4.78 is 21.4. The molecule has 0 fully saturated rings. The molecule has 3 heterocycles. The number of rotatable bonds is 7. The van der Waals surface area contributed by atoms with Crippen molar-refractivity contribution in [2.24, 2.45) is 0 Å². The van der Waals surface area contributed by atoms with Crippen molar-refractivity contribution in [1.29, 1.82) is 0 Å². The van der Waals surface area contributed by atoms with Crippen LogP contribution in [0.2, 0.25) is 10.0 Å². The normalized spacial score (nSPS) is 11.0. The van der Waals surface area contributed by atoms with E-state index in [1.165, 1.54) is 34.8 Å². The van der Waals surface area contributed by atoms with E-state index in [4.69, 9.17) is 27.9 Å². The number of benzene rings is 1. The fourth-order valence-corrected chi connectivity index (χ4v) is 3.43. The number of hydrogen-bond acceptors (Lipinski definition) is 7. The van der Waals surface area contributed by atoms with E-state index in [9.17, 15) is 14.0 Å². The minimum absolute atomic E-state index is 0.0879. The number of halogens is 3. The standard InChI is InChI=1S/C20H16Cl2FN7O3/c1-33-19(31)18-25-16(26-30(18)15-10-24-8-6-14(15)22)11-29-20(32)28(9-7-23)17(27-29)12-2-4-13(21)5-3-12/h2-6,8,10H,7,9,11H2,1H3. The van der Waals surface area contributed by atoms with Gasteiger partial charge in [-0.25, -0.2) is 28.3 Å². The first kappa shape index (κ1) is 22.6. The first-order valence-corrected chi connectivity index (χ1v) is 10.3. The van der Waals surface area contributed by atoms with Crippen LogP contribution in [0.4, 0.5) is 4.39 Å². The molecule has 1 aromatic carbocycles. The van der Waals surface area contributed by atoms with Gasteiger partial charge >= 0.3 is 11.7 Å². The van der Waals surface area contributed by atoms with Gasteiger partial charge in [0, 0.05) is 16.8 Å². The molecule has 0 amide bonds. The number of hydrogen-bond donors (Lipinski definition) is 0. The van der Waals surface area contributed by atoms with Gasteiger partial charge in [-0.2, -0.15) is 0 Å². The maximum absolute atomic E-state index is 13.1. The Balaban J connectivity index is 1.77. The summed E-state index contributed by atoms with van der Waals surface area (Å²) in [6.45, 7) is -1.13. The second-order valence-electron chi connectivity index (χ2n) is 6.69. The Morgan fingerprint density at radius 3 is 2.58 bits per heavy atom. The molecule has 4 rings (SSSR count). The predicted octanol–water partition coefficient (Wildman–Crippen LogP) is 2.80. The quantitative estimate of drug-likeness (QED) is 0.365. The zero-order valence-corrected chi connectivity index (χ0v) is 18.7. The molecule has 0 bridgehead atoms. The fourth-order valence-electron chi connectivity index (χ4n) is 3.11. The number of esters is 1. The smallest absolute Gasteiger partial charge is 0.376 e. The minimum Gasteiger partial charge on any atom is -0.463 e. The van der Waals surface area contributed by atoms with Crippen LogP contribution in [-0.2, 0) is 17.8 Å². The SMILES string of the molecule is COC(=O)c1nc(Cn2nc(-c3ccc(Cl)cc3)n(CCF)c2=O)nn1-c1cnccc1Cl. The van der Waals surface area contributed by atoms with Crippen molar-refractivity contribution in [2.45, 2.75) is 13.1 Å². The summed E-state index contributed by atoms with van der Waals surface area (Å²) >= 11 is 12.2. The Hall–Kier alpha value is -3.57. The summed E-state index contributed by atoms with van der Waals surface area (Å²) in [5.41, 5.74) is 0.322. The first-order valence-electron chi connectivity index (χ1n) is 9.56. The monoisotopic (exact) mass is 491 g/mol. The van der Waals surface area contributed by atoms with Gasteiger partial charge in [0.15, 0.2) is 11.6 Å². The van der Waals surface area contributed by atoms with Crippen molar-refractivity contribution in [2.75, 3.05) is 13.8 Å². The second-order valence-corrected chi connectivity index (χ2v) is 7.54. The summed E-state index contributed by atoms with van der Waals surface area (Å²) in [7, 11) is 1.20. The lowest BCUT2D eigenvalue weighted by molar-refractivity contribution is 0.0583. The second kappa shape index (κ2) is 9.51. The van der Waals surface area contributed by atoms with E-state index in [0.717, 1.165) is 4.68 Å². The average molecular weight is 492 g/mol. The van der Waals surface area contributed by atoms with Crippen LogP contribution in [0, 0.1) is 0 Å². The highest BCUT2D eigenvalue weighted by molar-refractivity contribution is 6.32. The van der Waals surface area contributed by atoms with Gasteiger partial charge in [0.25, 0.3) is 0 Å². The third-order valence-electron chi connectivity index (χ3n) is 4.62. The molecular weight excluding hydrogens is 476 g/mol. The van der Waals surface area contributed by atoms with Crippen LogP contribution < -0.4 is 5.69 Å². The third-order valence-corrected chi connectivity index (χ3v) is 5.19. The number of ether oxygens (including phenoxy) is 1. The topological polar surface area (TPSA) is 110 Å². The van der Waals surface area contributed by atoms with E-state index in [1.807, 2.05) is 0 Å². The van der Waals surface area contributed by atoms with E-state index in [0.29, 0.717) is 16.3 Å². The number of nitrogens with zero attached hydrogens (tertiary/aromatic N) is 7. The van der Waals surface area contributed by atoms with Crippen LogP contribution in [0.25, 0.3) is 17.1 Å². The maximum atomic E-state index is 13.1. The van der Waals surface area contributed by atoms with E-state index in [-0.39, 0.29) is 35.6 Å². The molecule has 13 heteroatoms. The summed E-state index contributed by atoms with van der Waals surface area (Å²) in [6.07, 6.45) is 2.89. The number of carbonyl (C=O) groups excluding carboxylic acids is 1. The summed E-state index contributed by atoms with van der Waals surface area (Å²) in [6, 6.07) is 8.17. The largest absolute Gasteiger partial charge is 0.463 e. The van der Waals surface area contributed by atoms with Gasteiger partial charge in [0.2, 0.25) is 5.82 Å². The van der Waals surface area contributed by atoms with Crippen molar-refractivity contribution >= 4 is 29.2 Å². The molecule has 0 radical (unpaired) electrons. The van der Waals surface area contributed by atoms with Crippen molar-refractivity contribution in [3.8, 4) is 17.1 Å². The van der Waals surface area contributed by atoms with Crippen LogP contribution in [0.3, 0.4) is 0 Å². The van der Waals surface area contributed by atoms with Crippen LogP contribution in [0.15, 0.2) is 47.5 Å². The van der Waals surface area contributed by atoms with Crippen LogP contribution in [0.1, 0.15) is 16.4 Å². The van der Waals surface area contributed by atoms with Gasteiger partial charge in [-0.1, -0.05) is 23.2 Å². The van der Waals surface area contributed by atoms with Crippen molar-refractivity contribution in [1.82, 2.24) is 34.1 Å². The van der Waals surface area contributed by atoms with Crippen molar-refractivity contribution < 1.29 is 13.9 Å². The molecule has 170 valence electrons.